The first-order valence-corrected chi connectivity index (χ1v) is 10.3. The third-order valence-corrected chi connectivity index (χ3v) is 4.94. The summed E-state index contributed by atoms with van der Waals surface area (Å²) in [7, 11) is 0. The first-order chi connectivity index (χ1) is 16.0. The van der Waals surface area contributed by atoms with Gasteiger partial charge in [-0.15, -0.1) is 0 Å². The van der Waals surface area contributed by atoms with Crippen molar-refractivity contribution in [3.8, 4) is 23.6 Å². The lowest BCUT2D eigenvalue weighted by Gasteiger charge is -2.15. The molecule has 0 atom stereocenters. The summed E-state index contributed by atoms with van der Waals surface area (Å²) in [5, 5.41) is 30.0. The van der Waals surface area contributed by atoms with Gasteiger partial charge in [0.15, 0.2) is 11.5 Å². The molecule has 0 saturated heterocycles. The predicted octanol–water partition coefficient (Wildman–Crippen LogP) is 6.16. The van der Waals surface area contributed by atoms with Crippen LogP contribution in [0.2, 0.25) is 5.02 Å². The minimum Gasteiger partial charge on any atom is -0.490 e. The molecule has 0 fully saturated rings. The quantitative estimate of drug-likeness (QED) is 0.172. The largest absolute Gasteiger partial charge is 0.490 e. The molecule has 7 nitrogen and oxygen atoms in total. The Morgan fingerprint density at radius 1 is 1.12 bits per heavy atom. The maximum Gasteiger partial charge on any atom is 0.269 e. The molecule has 0 amide bonds. The van der Waals surface area contributed by atoms with Crippen molar-refractivity contribution in [1.29, 1.82) is 10.5 Å². The second kappa shape index (κ2) is 10.8. The number of nitrogens with zero attached hydrogens (tertiary/aromatic N) is 3. The van der Waals surface area contributed by atoms with Gasteiger partial charge >= 0.3 is 0 Å². The number of benzene rings is 3. The van der Waals surface area contributed by atoms with Gasteiger partial charge in [-0.25, -0.2) is 0 Å². The van der Waals surface area contributed by atoms with Crippen LogP contribution < -0.4 is 9.47 Å². The number of hydrogen-bond acceptors (Lipinski definition) is 6. The SMILES string of the molecule is CCOc1cc(C=C(C#N)c2ccc([N+](=O)[O-])cc2)cc(Cl)c1OCc1ccccc1C#N. The number of ether oxygens (including phenoxy) is 2. The molecule has 164 valence electrons. The van der Waals surface area contributed by atoms with Crippen LogP contribution >= 0.6 is 11.6 Å². The van der Waals surface area contributed by atoms with Crippen molar-refractivity contribution >= 4 is 28.9 Å². The number of rotatable bonds is 8. The molecule has 33 heavy (non-hydrogen) atoms. The zero-order valence-electron chi connectivity index (χ0n) is 17.6. The number of allylic oxidation sites excluding steroid dienone is 1. The van der Waals surface area contributed by atoms with E-state index in [2.05, 4.69) is 12.1 Å². The number of nitriles is 2. The zero-order valence-corrected chi connectivity index (χ0v) is 18.4. The molecule has 0 heterocycles. The van der Waals surface area contributed by atoms with Gasteiger partial charge in [0, 0.05) is 17.7 Å². The van der Waals surface area contributed by atoms with Gasteiger partial charge in [0.05, 0.1) is 39.8 Å². The summed E-state index contributed by atoms with van der Waals surface area (Å²) in [6, 6.07) is 20.4. The Kier molecular flexibility index (Phi) is 7.64. The van der Waals surface area contributed by atoms with Gasteiger partial charge in [0.1, 0.15) is 6.61 Å². The number of halogens is 1. The molecule has 3 aromatic rings. The molecular formula is C25H18ClN3O4. The molecule has 8 heteroatoms. The fraction of sp³-hybridized carbons (Fsp3) is 0.120. The number of non-ortho nitro benzene ring substituents is 1. The maximum atomic E-state index is 10.9. The molecule has 0 spiro atoms. The van der Waals surface area contributed by atoms with E-state index in [1.807, 2.05) is 13.0 Å². The van der Waals surface area contributed by atoms with Gasteiger partial charge in [-0.3, -0.25) is 10.1 Å². The Balaban J connectivity index is 1.93. The number of nitro benzene ring substituents is 1. The summed E-state index contributed by atoms with van der Waals surface area (Å²) in [5.41, 5.74) is 2.60. The Morgan fingerprint density at radius 2 is 1.85 bits per heavy atom. The Bertz CT molecular complexity index is 1290. The number of nitro groups is 1. The molecule has 0 unspecified atom stereocenters. The number of hydrogen-bond donors (Lipinski definition) is 0. The Labute approximate surface area is 195 Å². The van der Waals surface area contributed by atoms with E-state index in [0.717, 1.165) is 0 Å². The summed E-state index contributed by atoms with van der Waals surface area (Å²) in [6.45, 7) is 2.32. The summed E-state index contributed by atoms with van der Waals surface area (Å²) in [4.78, 5) is 10.4. The molecular weight excluding hydrogens is 442 g/mol. The van der Waals surface area contributed by atoms with Crippen LogP contribution in [0.4, 0.5) is 5.69 Å². The van der Waals surface area contributed by atoms with E-state index in [0.29, 0.717) is 45.9 Å². The van der Waals surface area contributed by atoms with E-state index in [9.17, 15) is 20.6 Å². The molecule has 3 aromatic carbocycles. The van der Waals surface area contributed by atoms with Crippen LogP contribution in [0.25, 0.3) is 11.6 Å². The van der Waals surface area contributed by atoms with Gasteiger partial charge in [-0.2, -0.15) is 10.5 Å². The normalized spacial score (nSPS) is 10.7. The summed E-state index contributed by atoms with van der Waals surface area (Å²) in [6.07, 6.45) is 1.62. The minimum absolute atomic E-state index is 0.0582. The van der Waals surface area contributed by atoms with Crippen molar-refractivity contribution in [1.82, 2.24) is 0 Å². The van der Waals surface area contributed by atoms with E-state index >= 15 is 0 Å². The lowest BCUT2D eigenvalue weighted by atomic mass is 10.0. The zero-order chi connectivity index (χ0) is 23.8. The molecule has 0 aliphatic heterocycles. The average Bonchev–Trinajstić information content (AvgIpc) is 2.82. The Morgan fingerprint density at radius 3 is 2.48 bits per heavy atom. The van der Waals surface area contributed by atoms with Crippen LogP contribution in [0, 0.1) is 32.8 Å². The highest BCUT2D eigenvalue weighted by Crippen LogP contribution is 2.38. The van der Waals surface area contributed by atoms with E-state index in [-0.39, 0.29) is 17.3 Å². The highest BCUT2D eigenvalue weighted by molar-refractivity contribution is 6.32. The maximum absolute atomic E-state index is 10.9. The van der Waals surface area contributed by atoms with Crippen LogP contribution in [0.3, 0.4) is 0 Å². The first-order valence-electron chi connectivity index (χ1n) is 9.90. The highest BCUT2D eigenvalue weighted by atomic mass is 35.5. The van der Waals surface area contributed by atoms with E-state index in [1.54, 1.807) is 36.4 Å². The monoisotopic (exact) mass is 459 g/mol. The topological polar surface area (TPSA) is 109 Å². The van der Waals surface area contributed by atoms with Crippen LogP contribution in [0.1, 0.15) is 29.2 Å². The minimum atomic E-state index is -0.499. The second-order valence-electron chi connectivity index (χ2n) is 6.79. The average molecular weight is 460 g/mol. The summed E-state index contributed by atoms with van der Waals surface area (Å²) < 4.78 is 11.6. The fourth-order valence-corrected chi connectivity index (χ4v) is 3.36. The second-order valence-corrected chi connectivity index (χ2v) is 7.20. The van der Waals surface area contributed by atoms with Gasteiger partial charge < -0.3 is 9.47 Å². The van der Waals surface area contributed by atoms with Gasteiger partial charge in [-0.05, 0) is 54.5 Å². The third-order valence-electron chi connectivity index (χ3n) is 4.66. The van der Waals surface area contributed by atoms with Crippen molar-refractivity contribution in [3.63, 3.8) is 0 Å². The van der Waals surface area contributed by atoms with Crippen LogP contribution in [0.5, 0.6) is 11.5 Å². The van der Waals surface area contributed by atoms with Crippen molar-refractivity contribution < 1.29 is 14.4 Å². The fourth-order valence-electron chi connectivity index (χ4n) is 3.09. The van der Waals surface area contributed by atoms with Crippen LogP contribution in [-0.2, 0) is 6.61 Å². The lowest BCUT2D eigenvalue weighted by Crippen LogP contribution is -2.02. The molecule has 3 rings (SSSR count). The molecule has 0 bridgehead atoms. The van der Waals surface area contributed by atoms with E-state index < -0.39 is 4.92 Å². The smallest absolute Gasteiger partial charge is 0.269 e. The highest BCUT2D eigenvalue weighted by Gasteiger charge is 2.14. The summed E-state index contributed by atoms with van der Waals surface area (Å²) in [5.74, 6) is 0.726. The standard InChI is InChI=1S/C25H18ClN3O4/c1-2-32-24-13-17(11-21(15-28)18-7-9-22(10-8-18)29(30)31)12-23(26)25(24)33-16-20-6-4-3-5-19(20)14-27/h3-13H,2,16H2,1H3. The third kappa shape index (κ3) is 5.68. The van der Waals surface area contributed by atoms with Crippen molar-refractivity contribution in [2.75, 3.05) is 6.61 Å². The first kappa shape index (κ1) is 23.3. The molecule has 0 saturated carbocycles. The molecule has 0 N–H and O–H groups in total. The van der Waals surface area contributed by atoms with Crippen molar-refractivity contribution in [3.05, 3.63) is 98.1 Å². The van der Waals surface area contributed by atoms with Crippen molar-refractivity contribution in [2.24, 2.45) is 0 Å². The predicted molar refractivity (Wildman–Crippen MR) is 125 cm³/mol. The van der Waals surface area contributed by atoms with Crippen LogP contribution in [0.15, 0.2) is 60.7 Å². The van der Waals surface area contributed by atoms with E-state index in [4.69, 9.17) is 21.1 Å². The Hall–Kier alpha value is -4.33. The van der Waals surface area contributed by atoms with Crippen molar-refractivity contribution in [2.45, 2.75) is 13.5 Å². The van der Waals surface area contributed by atoms with Gasteiger partial charge in [0.2, 0.25) is 0 Å². The molecule has 0 radical (unpaired) electrons. The van der Waals surface area contributed by atoms with E-state index in [1.165, 1.54) is 24.3 Å². The summed E-state index contributed by atoms with van der Waals surface area (Å²) >= 11 is 6.48. The molecule has 0 aromatic heterocycles. The van der Waals surface area contributed by atoms with Crippen LogP contribution in [-0.4, -0.2) is 11.5 Å². The molecule has 0 aliphatic carbocycles. The van der Waals surface area contributed by atoms with Gasteiger partial charge in [-0.1, -0.05) is 29.8 Å². The lowest BCUT2D eigenvalue weighted by molar-refractivity contribution is -0.384. The molecule has 0 aliphatic rings. The van der Waals surface area contributed by atoms with Gasteiger partial charge in [0.25, 0.3) is 5.69 Å².